The van der Waals surface area contributed by atoms with Crippen LogP contribution in [0.15, 0.2) is 24.4 Å². The summed E-state index contributed by atoms with van der Waals surface area (Å²) < 4.78 is 0. The van der Waals surface area contributed by atoms with Gasteiger partial charge in [0.25, 0.3) is 0 Å². The molecule has 1 unspecified atom stereocenters. The third-order valence-electron chi connectivity index (χ3n) is 7.50. The molecule has 7 nitrogen and oxygen atoms in total. The Kier molecular flexibility index (Phi) is 5.18. The highest BCUT2D eigenvalue weighted by Gasteiger charge is 2.32. The average molecular weight is 486 g/mol. The second-order valence-corrected chi connectivity index (χ2v) is 11.8. The first-order valence-electron chi connectivity index (χ1n) is 12.3. The third-order valence-corrected chi connectivity index (χ3v) is 8.31. The highest BCUT2D eigenvalue weighted by molar-refractivity contribution is 7.21. The Hall–Kier alpha value is -3.26. The Balaban J connectivity index is 1.41. The van der Waals surface area contributed by atoms with Gasteiger partial charge in [-0.3, -0.25) is 0 Å². The van der Waals surface area contributed by atoms with E-state index in [-0.39, 0.29) is 5.41 Å². The van der Waals surface area contributed by atoms with Gasteiger partial charge in [0.05, 0.1) is 5.69 Å². The summed E-state index contributed by atoms with van der Waals surface area (Å²) in [5.41, 5.74) is 22.8. The lowest BCUT2D eigenvalue weighted by Gasteiger charge is -2.33. The molecule has 1 aliphatic carbocycles. The van der Waals surface area contributed by atoms with Crippen molar-refractivity contribution in [3.05, 3.63) is 52.5 Å². The highest BCUT2D eigenvalue weighted by Crippen LogP contribution is 2.41. The minimum Gasteiger partial charge on any atom is -0.385 e. The molecule has 1 atom stereocenters. The molecule has 0 amide bonds. The van der Waals surface area contributed by atoms with E-state index < -0.39 is 0 Å². The molecule has 180 valence electrons. The number of nitrogens with one attached hydrogen (secondary N) is 1. The number of nitrogens with two attached hydrogens (primary N) is 2. The number of benzene rings is 1. The first kappa shape index (κ1) is 22.2. The maximum atomic E-state index is 6.20. The van der Waals surface area contributed by atoms with Crippen LogP contribution in [0.3, 0.4) is 0 Å². The van der Waals surface area contributed by atoms with Crippen molar-refractivity contribution >= 4 is 38.5 Å². The van der Waals surface area contributed by atoms with Gasteiger partial charge < -0.3 is 16.8 Å². The van der Waals surface area contributed by atoms with Gasteiger partial charge in [0, 0.05) is 35.6 Å². The molecular weight excluding hydrogens is 454 g/mol. The number of pyridine rings is 1. The van der Waals surface area contributed by atoms with Crippen LogP contribution in [-0.2, 0) is 19.3 Å². The third kappa shape index (κ3) is 4.10. The van der Waals surface area contributed by atoms with Gasteiger partial charge in [-0.1, -0.05) is 25.2 Å². The van der Waals surface area contributed by atoms with E-state index in [0.717, 1.165) is 71.5 Å². The summed E-state index contributed by atoms with van der Waals surface area (Å²) in [6, 6.07) is 6.62. The maximum Gasteiger partial charge on any atom is 0.220 e. The van der Waals surface area contributed by atoms with Crippen molar-refractivity contribution in [2.45, 2.75) is 58.8 Å². The van der Waals surface area contributed by atoms with E-state index in [0.29, 0.717) is 17.0 Å². The van der Waals surface area contributed by atoms with Gasteiger partial charge in [0.2, 0.25) is 5.95 Å². The Morgan fingerprint density at radius 1 is 1.09 bits per heavy atom. The predicted octanol–water partition coefficient (Wildman–Crippen LogP) is 5.28. The minimum absolute atomic E-state index is 0.261. The summed E-state index contributed by atoms with van der Waals surface area (Å²) in [6.07, 6.45) is 6.97. The number of nitrogen functional groups attached to an aromatic ring is 2. The van der Waals surface area contributed by atoms with Crippen LogP contribution in [0, 0.1) is 12.3 Å². The number of aromatic nitrogens is 4. The number of aryl methyl sites for hydroxylation is 2. The maximum absolute atomic E-state index is 6.20. The van der Waals surface area contributed by atoms with Gasteiger partial charge >= 0.3 is 0 Å². The molecule has 1 aromatic carbocycles. The first-order chi connectivity index (χ1) is 16.8. The summed E-state index contributed by atoms with van der Waals surface area (Å²) in [5.74, 6) is 0.702. The summed E-state index contributed by atoms with van der Waals surface area (Å²) in [4.78, 5) is 19.4. The Bertz CT molecular complexity index is 1460. The van der Waals surface area contributed by atoms with Gasteiger partial charge in [-0.2, -0.15) is 0 Å². The quantitative estimate of drug-likeness (QED) is 0.354. The fourth-order valence-electron chi connectivity index (χ4n) is 5.74. The summed E-state index contributed by atoms with van der Waals surface area (Å²) in [5, 5.41) is 4.24. The number of thiazole rings is 1. The number of anilines is 3. The Morgan fingerprint density at radius 2 is 1.94 bits per heavy atom. The molecule has 4 heterocycles. The molecule has 0 fully saturated rings. The van der Waals surface area contributed by atoms with Crippen LogP contribution in [-0.4, -0.2) is 26.5 Å². The zero-order valence-electron chi connectivity index (χ0n) is 20.5. The number of hydrogen-bond donors (Lipinski definition) is 3. The number of fused-ring (bicyclic) bond motifs is 3. The van der Waals surface area contributed by atoms with Crippen molar-refractivity contribution in [1.82, 2.24) is 19.9 Å². The average Bonchev–Trinajstić information content (AvgIpc) is 3.04. The Labute approximate surface area is 209 Å². The van der Waals surface area contributed by atoms with Crippen molar-refractivity contribution in [2.75, 3.05) is 23.3 Å². The van der Waals surface area contributed by atoms with Crippen molar-refractivity contribution in [2.24, 2.45) is 5.41 Å². The highest BCUT2D eigenvalue weighted by atomic mass is 32.1. The van der Waals surface area contributed by atoms with E-state index in [2.05, 4.69) is 59.2 Å². The molecule has 5 N–H and O–H groups in total. The van der Waals surface area contributed by atoms with E-state index in [1.807, 2.05) is 6.20 Å². The molecule has 1 aliphatic heterocycles. The van der Waals surface area contributed by atoms with Crippen LogP contribution in [0.25, 0.3) is 21.5 Å². The van der Waals surface area contributed by atoms with Gasteiger partial charge in [-0.05, 0) is 84.9 Å². The standard InChI is InChI=1S/C27H31N7S/c1-14-8-16(18-11-21-24(31-13-18)35-26(29)33-21)10-17-9-15(5-7-30-22(14)17)23-19-12-27(2,3)6-4-20(19)32-25(28)34-23/h8,10-11,13,15,30H,4-7,9,12H2,1-3H3,(H2,29,33)(H2,28,32,34). The fraction of sp³-hybridized carbons (Fsp3) is 0.407. The van der Waals surface area contributed by atoms with Gasteiger partial charge in [-0.25, -0.2) is 19.9 Å². The van der Waals surface area contributed by atoms with Crippen molar-refractivity contribution in [3.63, 3.8) is 0 Å². The fourth-order valence-corrected chi connectivity index (χ4v) is 6.40. The lowest BCUT2D eigenvalue weighted by Crippen LogP contribution is -2.27. The second-order valence-electron chi connectivity index (χ2n) is 10.8. The lowest BCUT2D eigenvalue weighted by atomic mass is 9.74. The van der Waals surface area contributed by atoms with Crippen molar-refractivity contribution in [1.29, 1.82) is 0 Å². The van der Waals surface area contributed by atoms with Crippen LogP contribution in [0.5, 0.6) is 0 Å². The molecule has 0 saturated heterocycles. The second kappa shape index (κ2) is 8.16. The Morgan fingerprint density at radius 3 is 2.80 bits per heavy atom. The molecule has 8 heteroatoms. The molecule has 2 aliphatic rings. The van der Waals surface area contributed by atoms with Crippen molar-refractivity contribution < 1.29 is 0 Å². The summed E-state index contributed by atoms with van der Waals surface area (Å²) in [6.45, 7) is 7.77. The zero-order chi connectivity index (χ0) is 24.3. The number of rotatable bonds is 2. The largest absolute Gasteiger partial charge is 0.385 e. The normalized spacial score (nSPS) is 19.0. The molecule has 6 rings (SSSR count). The zero-order valence-corrected chi connectivity index (χ0v) is 21.3. The number of nitrogens with zero attached hydrogens (tertiary/aromatic N) is 4. The topological polar surface area (TPSA) is 116 Å². The predicted molar refractivity (Wildman–Crippen MR) is 144 cm³/mol. The minimum atomic E-state index is 0.261. The SMILES string of the molecule is Cc1cc(-c2cnc3sc(N)nc3c2)cc2c1NCCC(c1nc(N)nc3c1CC(C)(C)CC3)C2. The lowest BCUT2D eigenvalue weighted by molar-refractivity contribution is 0.309. The van der Waals surface area contributed by atoms with Crippen LogP contribution < -0.4 is 16.8 Å². The van der Waals surface area contributed by atoms with Gasteiger partial charge in [0.15, 0.2) is 5.13 Å². The van der Waals surface area contributed by atoms with E-state index >= 15 is 0 Å². The molecule has 0 radical (unpaired) electrons. The van der Waals surface area contributed by atoms with Crippen LogP contribution in [0.1, 0.15) is 60.7 Å². The van der Waals surface area contributed by atoms with E-state index in [9.17, 15) is 0 Å². The van der Waals surface area contributed by atoms with Gasteiger partial charge in [0.1, 0.15) is 10.3 Å². The summed E-state index contributed by atoms with van der Waals surface area (Å²) in [7, 11) is 0. The molecular formula is C27H31N7S. The molecule has 0 saturated carbocycles. The smallest absolute Gasteiger partial charge is 0.220 e. The number of hydrogen-bond acceptors (Lipinski definition) is 8. The van der Waals surface area contributed by atoms with Crippen molar-refractivity contribution in [3.8, 4) is 11.1 Å². The van der Waals surface area contributed by atoms with E-state index in [4.69, 9.17) is 16.5 Å². The van der Waals surface area contributed by atoms with E-state index in [1.54, 1.807) is 0 Å². The molecule has 3 aromatic heterocycles. The summed E-state index contributed by atoms with van der Waals surface area (Å²) >= 11 is 1.42. The van der Waals surface area contributed by atoms with Crippen LogP contribution >= 0.6 is 11.3 Å². The van der Waals surface area contributed by atoms with Crippen LogP contribution in [0.4, 0.5) is 16.8 Å². The first-order valence-corrected chi connectivity index (χ1v) is 13.1. The van der Waals surface area contributed by atoms with Gasteiger partial charge in [-0.15, -0.1) is 0 Å². The van der Waals surface area contributed by atoms with E-state index in [1.165, 1.54) is 33.7 Å². The molecule has 0 bridgehead atoms. The molecule has 4 aromatic rings. The molecule has 35 heavy (non-hydrogen) atoms. The monoisotopic (exact) mass is 485 g/mol. The molecule has 0 spiro atoms. The van der Waals surface area contributed by atoms with Crippen LogP contribution in [0.2, 0.25) is 0 Å².